The summed E-state index contributed by atoms with van der Waals surface area (Å²) in [6.07, 6.45) is 1.36. The van der Waals surface area contributed by atoms with E-state index in [1.54, 1.807) is 24.5 Å². The van der Waals surface area contributed by atoms with Gasteiger partial charge in [0, 0.05) is 80.0 Å². The van der Waals surface area contributed by atoms with E-state index >= 15 is 0 Å². The van der Waals surface area contributed by atoms with E-state index in [1.807, 2.05) is 34.7 Å². The quantitative estimate of drug-likeness (QED) is 0.303. The first-order valence-electron chi connectivity index (χ1n) is 15.3. The molecule has 13 heteroatoms. The molecule has 1 N–H and O–H groups in total. The van der Waals surface area contributed by atoms with Gasteiger partial charge in [-0.25, -0.2) is 13.2 Å². The number of carbonyl (C=O) groups is 1. The number of sulfone groups is 1. The largest absolute Gasteiger partial charge is 0.420 e. The van der Waals surface area contributed by atoms with Crippen molar-refractivity contribution in [3.63, 3.8) is 0 Å². The Morgan fingerprint density at radius 3 is 2.58 bits per heavy atom. The van der Waals surface area contributed by atoms with Crippen LogP contribution in [-0.4, -0.2) is 81.6 Å². The molecule has 45 heavy (non-hydrogen) atoms. The van der Waals surface area contributed by atoms with E-state index in [0.717, 1.165) is 28.1 Å². The van der Waals surface area contributed by atoms with Crippen molar-refractivity contribution < 1.29 is 22.7 Å². The number of carbonyl (C=O) groups excluding carboxylic acids is 1. The first kappa shape index (κ1) is 31.5. The standard InChI is InChI=1S/C32H38ClN5O6S/c1-4-45(42,43)25-6-8-29-30(16-25)44-32(41)38(29)23-9-12-35(13-10-23)17-24(40)18-37-28-11-14-36(21(3)39)19-26(28)31(34-37)22-5-7-27(33)20(2)15-22/h5-8,15-16,23-24,40H,4,9-14,17-19H2,1-3H3. The van der Waals surface area contributed by atoms with Gasteiger partial charge in [0.25, 0.3) is 0 Å². The number of aliphatic hydroxyl groups is 1. The lowest BCUT2D eigenvalue weighted by molar-refractivity contribution is -0.129. The molecule has 4 aromatic rings. The Bertz CT molecular complexity index is 1920. The molecule has 2 aromatic carbocycles. The second-order valence-corrected chi connectivity index (χ2v) is 14.8. The maximum Gasteiger partial charge on any atom is 0.420 e. The Kier molecular flexibility index (Phi) is 8.68. The van der Waals surface area contributed by atoms with Gasteiger partial charge in [0.2, 0.25) is 5.91 Å². The number of aliphatic hydroxyl groups excluding tert-OH is 1. The molecule has 0 saturated carbocycles. The molecular formula is C32H38ClN5O6S. The third-order valence-corrected chi connectivity index (χ3v) is 11.3. The highest BCUT2D eigenvalue weighted by atomic mass is 35.5. The Morgan fingerprint density at radius 2 is 1.89 bits per heavy atom. The lowest BCUT2D eigenvalue weighted by Crippen LogP contribution is -2.42. The van der Waals surface area contributed by atoms with Gasteiger partial charge in [0.05, 0.1) is 34.5 Å². The maximum absolute atomic E-state index is 12.8. The molecule has 2 aliphatic rings. The van der Waals surface area contributed by atoms with Gasteiger partial charge in [0.1, 0.15) is 0 Å². The molecule has 1 atom stereocenters. The van der Waals surface area contributed by atoms with Gasteiger partial charge < -0.3 is 19.3 Å². The molecule has 1 saturated heterocycles. The predicted octanol–water partition coefficient (Wildman–Crippen LogP) is 3.82. The summed E-state index contributed by atoms with van der Waals surface area (Å²) in [5.41, 5.74) is 5.58. The minimum atomic E-state index is -3.42. The number of nitrogens with zero attached hydrogens (tertiary/aromatic N) is 5. The van der Waals surface area contributed by atoms with E-state index in [9.17, 15) is 23.1 Å². The van der Waals surface area contributed by atoms with E-state index in [0.29, 0.717) is 69.1 Å². The highest BCUT2D eigenvalue weighted by Crippen LogP contribution is 2.33. The molecule has 2 aliphatic heterocycles. The van der Waals surface area contributed by atoms with Gasteiger partial charge in [-0.2, -0.15) is 5.10 Å². The summed E-state index contributed by atoms with van der Waals surface area (Å²) in [6.45, 7) is 8.33. The van der Waals surface area contributed by atoms with Gasteiger partial charge in [0.15, 0.2) is 15.4 Å². The van der Waals surface area contributed by atoms with Crippen molar-refractivity contribution in [2.24, 2.45) is 0 Å². The zero-order chi connectivity index (χ0) is 32.0. The molecule has 1 fully saturated rings. The van der Waals surface area contributed by atoms with Crippen molar-refractivity contribution in [1.29, 1.82) is 0 Å². The molecule has 4 heterocycles. The Hall–Kier alpha value is -3.45. The minimum Gasteiger partial charge on any atom is -0.408 e. The molecule has 11 nitrogen and oxygen atoms in total. The van der Waals surface area contributed by atoms with Crippen LogP contribution in [0.1, 0.15) is 49.6 Å². The number of benzene rings is 2. The number of oxazole rings is 1. The minimum absolute atomic E-state index is 0.0231. The van der Waals surface area contributed by atoms with Gasteiger partial charge in [-0.05, 0) is 49.6 Å². The SMILES string of the molecule is CCS(=O)(=O)c1ccc2c(c1)oc(=O)n2C1CCN(CC(O)Cn2nc(-c3ccc(Cl)c(C)c3)c3c2CCN(C(C)=O)C3)CC1. The van der Waals surface area contributed by atoms with Crippen LogP contribution in [0.4, 0.5) is 0 Å². The molecule has 1 unspecified atom stereocenters. The molecule has 0 bridgehead atoms. The molecule has 6 rings (SSSR count). The number of aryl methyl sites for hydroxylation is 1. The number of likely N-dealkylation sites (tertiary alicyclic amines) is 1. The number of piperidine rings is 1. The first-order valence-corrected chi connectivity index (χ1v) is 17.4. The summed E-state index contributed by atoms with van der Waals surface area (Å²) in [5.74, 6) is -0.499. The molecule has 0 radical (unpaired) electrons. The Labute approximate surface area is 266 Å². The van der Waals surface area contributed by atoms with Crippen LogP contribution in [0.3, 0.4) is 0 Å². The van der Waals surface area contributed by atoms with Crippen LogP contribution in [0, 0.1) is 6.92 Å². The highest BCUT2D eigenvalue weighted by Gasteiger charge is 2.30. The fourth-order valence-corrected chi connectivity index (χ4v) is 7.59. The second-order valence-electron chi connectivity index (χ2n) is 12.1. The number of fused-ring (bicyclic) bond motifs is 2. The number of amides is 1. The van der Waals surface area contributed by atoms with Crippen LogP contribution < -0.4 is 5.76 Å². The van der Waals surface area contributed by atoms with Gasteiger partial charge in [-0.15, -0.1) is 0 Å². The summed E-state index contributed by atoms with van der Waals surface area (Å²) in [4.78, 5) is 29.2. The van der Waals surface area contributed by atoms with E-state index in [-0.39, 0.29) is 28.2 Å². The lowest BCUT2D eigenvalue weighted by atomic mass is 9.99. The predicted molar refractivity (Wildman–Crippen MR) is 171 cm³/mol. The average molecular weight is 656 g/mol. The van der Waals surface area contributed by atoms with E-state index in [2.05, 4.69) is 4.90 Å². The summed E-state index contributed by atoms with van der Waals surface area (Å²) in [6, 6.07) is 10.3. The van der Waals surface area contributed by atoms with Gasteiger partial charge >= 0.3 is 5.76 Å². The second kappa shape index (κ2) is 12.4. The molecule has 1 amide bonds. The highest BCUT2D eigenvalue weighted by molar-refractivity contribution is 7.91. The van der Waals surface area contributed by atoms with E-state index in [1.165, 1.54) is 12.1 Å². The summed E-state index contributed by atoms with van der Waals surface area (Å²) in [7, 11) is -3.42. The van der Waals surface area contributed by atoms with Crippen LogP contribution >= 0.6 is 11.6 Å². The molecule has 0 spiro atoms. The molecule has 240 valence electrons. The van der Waals surface area contributed by atoms with Crippen molar-refractivity contribution in [2.45, 2.75) is 70.2 Å². The number of hydrogen-bond acceptors (Lipinski definition) is 8. The first-order chi connectivity index (χ1) is 21.4. The summed E-state index contributed by atoms with van der Waals surface area (Å²) < 4.78 is 33.6. The van der Waals surface area contributed by atoms with Gasteiger partial charge in [-0.1, -0.05) is 24.6 Å². The summed E-state index contributed by atoms with van der Waals surface area (Å²) >= 11 is 6.28. The average Bonchev–Trinajstić information content (AvgIpc) is 3.54. The van der Waals surface area contributed by atoms with Crippen LogP contribution in [0.2, 0.25) is 5.02 Å². The molecule has 2 aromatic heterocycles. The number of β-amino-alcohol motifs (C(OH)–C–C–N with tert-alkyl or cyclic N) is 1. The van der Waals surface area contributed by atoms with Crippen molar-refractivity contribution in [3.05, 3.63) is 68.8 Å². The maximum atomic E-state index is 12.8. The molecular weight excluding hydrogens is 618 g/mol. The topological polar surface area (TPSA) is 131 Å². The third kappa shape index (κ3) is 6.20. The fraction of sp³-hybridized carbons (Fsp3) is 0.469. The number of hydrogen-bond donors (Lipinski definition) is 1. The Balaban J connectivity index is 1.14. The number of halogens is 1. The zero-order valence-electron chi connectivity index (χ0n) is 25.7. The number of aromatic nitrogens is 3. The van der Waals surface area contributed by atoms with Crippen molar-refractivity contribution >= 4 is 38.4 Å². The van der Waals surface area contributed by atoms with Crippen LogP contribution in [0.15, 0.2) is 50.5 Å². The number of rotatable bonds is 8. The lowest BCUT2D eigenvalue weighted by Gasteiger charge is -2.33. The van der Waals surface area contributed by atoms with Crippen molar-refractivity contribution in [2.75, 3.05) is 31.9 Å². The smallest absolute Gasteiger partial charge is 0.408 e. The van der Waals surface area contributed by atoms with Crippen molar-refractivity contribution in [1.82, 2.24) is 24.1 Å². The normalized spacial score (nSPS) is 17.1. The monoisotopic (exact) mass is 655 g/mol. The fourth-order valence-electron chi connectivity index (χ4n) is 6.57. The van der Waals surface area contributed by atoms with E-state index < -0.39 is 21.7 Å². The van der Waals surface area contributed by atoms with Crippen LogP contribution in [-0.2, 0) is 34.1 Å². The van der Waals surface area contributed by atoms with Gasteiger partial charge in [-0.3, -0.25) is 14.0 Å². The van der Waals surface area contributed by atoms with Crippen LogP contribution in [0.5, 0.6) is 0 Å². The third-order valence-electron chi connectivity index (χ3n) is 9.11. The van der Waals surface area contributed by atoms with E-state index in [4.69, 9.17) is 21.1 Å². The van der Waals surface area contributed by atoms with Crippen molar-refractivity contribution in [3.8, 4) is 11.3 Å². The zero-order valence-corrected chi connectivity index (χ0v) is 27.3. The van der Waals surface area contributed by atoms with Crippen LogP contribution in [0.25, 0.3) is 22.4 Å². The Morgan fingerprint density at radius 1 is 1.13 bits per heavy atom. The molecule has 0 aliphatic carbocycles. The summed E-state index contributed by atoms with van der Waals surface area (Å²) in [5, 5.41) is 16.8.